The quantitative estimate of drug-likeness (QED) is 0.496. The van der Waals surface area contributed by atoms with E-state index in [0.29, 0.717) is 24.0 Å². The number of nitrogens with two attached hydrogens (primary N) is 1. The highest BCUT2D eigenvalue weighted by molar-refractivity contribution is 7.18. The van der Waals surface area contributed by atoms with Crippen LogP contribution in [0.2, 0.25) is 0 Å². The van der Waals surface area contributed by atoms with Gasteiger partial charge in [-0.25, -0.2) is 4.98 Å². The number of thiazole rings is 1. The molecule has 0 unspecified atom stereocenters. The molecule has 29 heavy (non-hydrogen) atoms. The number of anilines is 1. The maximum Gasteiger partial charge on any atom is 0.315 e. The Balaban J connectivity index is 1.38. The first-order chi connectivity index (χ1) is 14.2. The van der Waals surface area contributed by atoms with E-state index in [-0.39, 0.29) is 0 Å². The average Bonchev–Trinajstić information content (AvgIpc) is 3.36. The first kappa shape index (κ1) is 18.3. The van der Waals surface area contributed by atoms with Crippen molar-refractivity contribution in [2.45, 2.75) is 44.7 Å². The normalized spacial score (nSPS) is 19.5. The molecule has 2 heterocycles. The van der Waals surface area contributed by atoms with E-state index in [2.05, 4.69) is 58.0 Å². The molecule has 6 nitrogen and oxygen atoms in total. The molecule has 2 aromatic heterocycles. The lowest BCUT2D eigenvalue weighted by Gasteiger charge is -2.25. The van der Waals surface area contributed by atoms with Crippen molar-refractivity contribution in [2.75, 3.05) is 5.32 Å². The molecule has 0 aliphatic heterocycles. The molecule has 1 saturated carbocycles. The second-order valence-corrected chi connectivity index (χ2v) is 8.66. The summed E-state index contributed by atoms with van der Waals surface area (Å²) in [4.78, 5) is 5.67. The highest BCUT2D eigenvalue weighted by atomic mass is 32.1. The monoisotopic (exact) mass is 405 g/mol. The molecule has 0 amide bonds. The van der Waals surface area contributed by atoms with Gasteiger partial charge in [-0.1, -0.05) is 41.5 Å². The van der Waals surface area contributed by atoms with Gasteiger partial charge in [-0.15, -0.1) is 16.4 Å². The molecule has 7 heteroatoms. The molecule has 4 aromatic rings. The van der Waals surface area contributed by atoms with Gasteiger partial charge in [-0.2, -0.15) is 0 Å². The Morgan fingerprint density at radius 2 is 1.83 bits per heavy atom. The smallest absolute Gasteiger partial charge is 0.315 e. The number of nitrogens with zero attached hydrogens (tertiary/aromatic N) is 3. The second kappa shape index (κ2) is 7.57. The lowest BCUT2D eigenvalue weighted by molar-refractivity contribution is 0.403. The van der Waals surface area contributed by atoms with Gasteiger partial charge >= 0.3 is 6.01 Å². The van der Waals surface area contributed by atoms with Crippen LogP contribution in [0, 0.1) is 6.92 Å². The highest BCUT2D eigenvalue weighted by Crippen LogP contribution is 2.36. The highest BCUT2D eigenvalue weighted by Gasteiger charge is 2.22. The predicted molar refractivity (Wildman–Crippen MR) is 117 cm³/mol. The van der Waals surface area contributed by atoms with Crippen molar-refractivity contribution in [3.63, 3.8) is 0 Å². The number of rotatable bonds is 4. The maximum absolute atomic E-state index is 5.98. The Labute approximate surface area is 173 Å². The molecule has 3 N–H and O–H groups in total. The van der Waals surface area contributed by atoms with E-state index < -0.39 is 0 Å². The lowest BCUT2D eigenvalue weighted by Crippen LogP contribution is -2.32. The Kier molecular flexibility index (Phi) is 4.77. The summed E-state index contributed by atoms with van der Waals surface area (Å²) < 4.78 is 5.91. The van der Waals surface area contributed by atoms with Crippen molar-refractivity contribution < 1.29 is 4.42 Å². The third-order valence-electron chi connectivity index (χ3n) is 5.51. The topological polar surface area (TPSA) is 89.9 Å². The molecule has 0 bridgehead atoms. The zero-order valence-electron chi connectivity index (χ0n) is 16.3. The summed E-state index contributed by atoms with van der Waals surface area (Å²) in [6.45, 7) is 1.98. The second-order valence-electron chi connectivity index (χ2n) is 7.66. The Bertz CT molecular complexity index is 1140. The van der Waals surface area contributed by atoms with Crippen molar-refractivity contribution in [3.05, 3.63) is 48.2 Å². The van der Waals surface area contributed by atoms with Gasteiger partial charge < -0.3 is 15.5 Å². The first-order valence-corrected chi connectivity index (χ1v) is 10.8. The van der Waals surface area contributed by atoms with Gasteiger partial charge in [0.25, 0.3) is 5.89 Å². The Hall–Kier alpha value is -2.77. The summed E-state index contributed by atoms with van der Waals surface area (Å²) in [5.41, 5.74) is 7.98. The van der Waals surface area contributed by atoms with Gasteiger partial charge in [0.05, 0.1) is 5.69 Å². The summed E-state index contributed by atoms with van der Waals surface area (Å²) in [7, 11) is 0. The molecular weight excluding hydrogens is 382 g/mol. The zero-order valence-corrected chi connectivity index (χ0v) is 17.1. The van der Waals surface area contributed by atoms with Crippen LogP contribution in [0.15, 0.2) is 46.9 Å². The summed E-state index contributed by atoms with van der Waals surface area (Å²) in [6.07, 6.45) is 4.12. The van der Waals surface area contributed by atoms with Gasteiger partial charge in [0.1, 0.15) is 9.88 Å². The minimum Gasteiger partial charge on any atom is -0.402 e. The molecule has 2 aromatic carbocycles. The van der Waals surface area contributed by atoms with E-state index in [1.807, 2.05) is 6.92 Å². The van der Waals surface area contributed by atoms with Gasteiger partial charge in [-0.05, 0) is 49.4 Å². The van der Waals surface area contributed by atoms with Crippen molar-refractivity contribution in [3.8, 4) is 21.3 Å². The Morgan fingerprint density at radius 1 is 1.03 bits per heavy atom. The van der Waals surface area contributed by atoms with E-state index in [1.54, 1.807) is 11.3 Å². The average molecular weight is 406 g/mol. The molecule has 0 spiro atoms. The van der Waals surface area contributed by atoms with Crippen molar-refractivity contribution in [1.29, 1.82) is 0 Å². The van der Waals surface area contributed by atoms with Crippen LogP contribution in [0.3, 0.4) is 0 Å². The Morgan fingerprint density at radius 3 is 2.66 bits per heavy atom. The molecule has 0 radical (unpaired) electrons. The van der Waals surface area contributed by atoms with Crippen LogP contribution >= 0.6 is 11.3 Å². The van der Waals surface area contributed by atoms with Crippen LogP contribution in [-0.2, 0) is 0 Å². The number of fused-ring (bicyclic) bond motifs is 1. The summed E-state index contributed by atoms with van der Waals surface area (Å²) in [6, 6.07) is 15.9. The van der Waals surface area contributed by atoms with E-state index >= 15 is 0 Å². The van der Waals surface area contributed by atoms with Crippen LogP contribution in [0.25, 0.3) is 32.1 Å². The summed E-state index contributed by atoms with van der Waals surface area (Å²) in [5.74, 6) is 0.516. The van der Waals surface area contributed by atoms with E-state index in [9.17, 15) is 0 Å². The number of aryl methyl sites for hydroxylation is 1. The maximum atomic E-state index is 5.98. The number of nitrogens with one attached hydrogen (secondary N) is 1. The summed E-state index contributed by atoms with van der Waals surface area (Å²) >= 11 is 1.58. The molecule has 1 aliphatic rings. The van der Waals surface area contributed by atoms with Gasteiger partial charge in [0, 0.05) is 17.6 Å². The van der Waals surface area contributed by atoms with E-state index in [4.69, 9.17) is 15.1 Å². The van der Waals surface area contributed by atoms with Crippen molar-refractivity contribution in [1.82, 2.24) is 15.2 Å². The molecule has 0 saturated heterocycles. The van der Waals surface area contributed by atoms with E-state index in [0.717, 1.165) is 46.8 Å². The number of benzene rings is 2. The molecular formula is C22H23N5OS. The van der Waals surface area contributed by atoms with Gasteiger partial charge in [-0.3, -0.25) is 0 Å². The SMILES string of the molecule is Cc1nc(-c2ccc3ccccc3c2)sc1-c1nnc(NC2CCC(N)CC2)o1. The fraction of sp³-hybridized carbons (Fsp3) is 0.318. The predicted octanol–water partition coefficient (Wildman–Crippen LogP) is 5.00. The lowest BCUT2D eigenvalue weighted by atomic mass is 9.92. The van der Waals surface area contributed by atoms with Gasteiger partial charge in [0.15, 0.2) is 0 Å². The van der Waals surface area contributed by atoms with Crippen LogP contribution < -0.4 is 11.1 Å². The van der Waals surface area contributed by atoms with Crippen LogP contribution in [0.4, 0.5) is 6.01 Å². The van der Waals surface area contributed by atoms with E-state index in [1.165, 1.54) is 10.8 Å². The molecule has 1 aliphatic carbocycles. The number of hydrogen-bond donors (Lipinski definition) is 2. The van der Waals surface area contributed by atoms with Crippen molar-refractivity contribution >= 4 is 28.1 Å². The first-order valence-electron chi connectivity index (χ1n) is 9.98. The van der Waals surface area contributed by atoms with Crippen LogP contribution in [-0.4, -0.2) is 27.3 Å². The third-order valence-corrected chi connectivity index (χ3v) is 6.71. The number of hydrogen-bond acceptors (Lipinski definition) is 7. The fourth-order valence-corrected chi connectivity index (χ4v) is 4.84. The molecule has 0 atom stereocenters. The van der Waals surface area contributed by atoms with Gasteiger partial charge in [0.2, 0.25) is 0 Å². The number of aromatic nitrogens is 3. The fourth-order valence-electron chi connectivity index (χ4n) is 3.85. The largest absolute Gasteiger partial charge is 0.402 e. The van der Waals surface area contributed by atoms with Crippen molar-refractivity contribution in [2.24, 2.45) is 5.73 Å². The van der Waals surface area contributed by atoms with Crippen LogP contribution in [0.1, 0.15) is 31.4 Å². The zero-order chi connectivity index (χ0) is 19.8. The minimum absolute atomic E-state index is 0.319. The standard InChI is InChI=1S/C22H23N5OS/c1-13-19(20-26-27-22(28-20)25-18-10-8-17(23)9-11-18)29-21(24-13)16-7-6-14-4-2-3-5-15(14)12-16/h2-7,12,17-18H,8-11,23H2,1H3,(H,25,27). The summed E-state index contributed by atoms with van der Waals surface area (Å²) in [5, 5.41) is 15.2. The minimum atomic E-state index is 0.319. The molecule has 5 rings (SSSR count). The van der Waals surface area contributed by atoms with Crippen LogP contribution in [0.5, 0.6) is 0 Å². The molecule has 148 valence electrons. The molecule has 1 fully saturated rings. The third kappa shape index (κ3) is 3.75.